The zero-order valence-corrected chi connectivity index (χ0v) is 13.7. The molecule has 1 aromatic heterocycles. The van der Waals surface area contributed by atoms with E-state index in [9.17, 15) is 4.79 Å². The summed E-state index contributed by atoms with van der Waals surface area (Å²) in [5.41, 5.74) is 0. The molecule has 1 amide bonds. The highest BCUT2D eigenvalue weighted by atomic mass is 32.1. The molecule has 1 aliphatic carbocycles. The molecule has 3 aliphatic rings. The molecule has 1 N–H and O–H groups in total. The van der Waals surface area contributed by atoms with E-state index in [0.29, 0.717) is 5.92 Å². The number of nitrogens with one attached hydrogen (secondary N) is 1. The second kappa shape index (κ2) is 6.30. The minimum atomic E-state index is 0.0972. The van der Waals surface area contributed by atoms with E-state index >= 15 is 0 Å². The number of piperidine rings is 1. The first-order valence-electron chi connectivity index (χ1n) is 8.43. The maximum atomic E-state index is 12.6. The lowest BCUT2D eigenvalue weighted by Crippen LogP contribution is -2.52. The van der Waals surface area contributed by atoms with Crippen LogP contribution in [0.25, 0.3) is 0 Å². The molecule has 3 atom stereocenters. The quantitative estimate of drug-likeness (QED) is 0.903. The fourth-order valence-electron chi connectivity index (χ4n) is 3.78. The van der Waals surface area contributed by atoms with Gasteiger partial charge in [0.15, 0.2) is 0 Å². The number of nitrogens with zero attached hydrogens (tertiary/aromatic N) is 1. The van der Waals surface area contributed by atoms with Gasteiger partial charge >= 0.3 is 0 Å². The lowest BCUT2D eigenvalue weighted by atomic mass is 9.82. The number of ether oxygens (including phenoxy) is 1. The van der Waals surface area contributed by atoms with Gasteiger partial charge in [0, 0.05) is 43.6 Å². The Kier molecular flexibility index (Phi) is 4.20. The number of amides is 1. The van der Waals surface area contributed by atoms with E-state index in [1.165, 1.54) is 17.7 Å². The van der Waals surface area contributed by atoms with Crippen LogP contribution in [0.15, 0.2) is 17.5 Å². The molecule has 2 aliphatic heterocycles. The van der Waals surface area contributed by atoms with E-state index in [1.807, 2.05) is 0 Å². The molecule has 0 spiro atoms. The number of fused-ring (bicyclic) bond motifs is 1. The Hall–Kier alpha value is -0.910. The van der Waals surface area contributed by atoms with E-state index in [2.05, 4.69) is 27.7 Å². The molecule has 0 radical (unpaired) electrons. The van der Waals surface area contributed by atoms with E-state index in [-0.39, 0.29) is 17.9 Å². The van der Waals surface area contributed by atoms with Crippen LogP contribution >= 0.6 is 11.3 Å². The SMILES string of the molecule is O=C(NCC1CC1)[C@@H]1CN(Cc2cccs2)C[C@@H]2OCC[C@@H]21. The number of carbonyl (C=O) groups is 1. The normalized spacial score (nSPS) is 31.9. The molecule has 4 rings (SSSR count). The number of rotatable bonds is 5. The molecule has 2 saturated heterocycles. The first-order chi connectivity index (χ1) is 10.8. The van der Waals surface area contributed by atoms with Gasteiger partial charge in [0.05, 0.1) is 12.0 Å². The van der Waals surface area contributed by atoms with Gasteiger partial charge in [0.1, 0.15) is 0 Å². The minimum Gasteiger partial charge on any atom is -0.377 e. The van der Waals surface area contributed by atoms with E-state index < -0.39 is 0 Å². The number of carbonyl (C=O) groups excluding carboxylic acids is 1. The highest BCUT2D eigenvalue weighted by molar-refractivity contribution is 7.09. The Balaban J connectivity index is 1.41. The molecule has 22 heavy (non-hydrogen) atoms. The van der Waals surface area contributed by atoms with Crippen molar-refractivity contribution in [2.45, 2.75) is 31.9 Å². The van der Waals surface area contributed by atoms with Crippen molar-refractivity contribution in [2.75, 3.05) is 26.2 Å². The Morgan fingerprint density at radius 1 is 1.36 bits per heavy atom. The summed E-state index contributed by atoms with van der Waals surface area (Å²) in [7, 11) is 0. The third kappa shape index (κ3) is 3.21. The first kappa shape index (κ1) is 14.7. The molecule has 1 saturated carbocycles. The van der Waals surface area contributed by atoms with Gasteiger partial charge in [-0.25, -0.2) is 0 Å². The van der Waals surface area contributed by atoms with Gasteiger partial charge in [0.2, 0.25) is 5.91 Å². The molecule has 4 nitrogen and oxygen atoms in total. The highest BCUT2D eigenvalue weighted by Gasteiger charge is 2.44. The average molecular weight is 320 g/mol. The zero-order valence-electron chi connectivity index (χ0n) is 12.9. The minimum absolute atomic E-state index is 0.0972. The van der Waals surface area contributed by atoms with Crippen molar-refractivity contribution in [3.8, 4) is 0 Å². The van der Waals surface area contributed by atoms with Gasteiger partial charge in [-0.05, 0) is 36.6 Å². The summed E-state index contributed by atoms with van der Waals surface area (Å²) in [6, 6.07) is 4.27. The van der Waals surface area contributed by atoms with E-state index in [0.717, 1.165) is 45.1 Å². The van der Waals surface area contributed by atoms with Crippen LogP contribution in [0.5, 0.6) is 0 Å². The summed E-state index contributed by atoms with van der Waals surface area (Å²) in [6.07, 6.45) is 3.85. The Labute approximate surface area is 135 Å². The fourth-order valence-corrected chi connectivity index (χ4v) is 4.53. The highest BCUT2D eigenvalue weighted by Crippen LogP contribution is 2.35. The van der Waals surface area contributed by atoms with E-state index in [1.54, 1.807) is 11.3 Å². The number of likely N-dealkylation sites (tertiary alicyclic amines) is 1. The molecule has 0 bridgehead atoms. The Bertz CT molecular complexity index is 515. The molecule has 120 valence electrons. The van der Waals surface area contributed by atoms with Gasteiger partial charge in [-0.2, -0.15) is 0 Å². The van der Waals surface area contributed by atoms with Crippen LogP contribution in [0.4, 0.5) is 0 Å². The molecular formula is C17H24N2O2S. The maximum absolute atomic E-state index is 12.6. The monoisotopic (exact) mass is 320 g/mol. The van der Waals surface area contributed by atoms with Gasteiger partial charge in [-0.15, -0.1) is 11.3 Å². The standard InChI is InChI=1S/C17H24N2O2S/c20-17(18-8-12-3-4-12)15-10-19(9-13-2-1-7-22-13)11-16-14(15)5-6-21-16/h1-2,7,12,14-16H,3-6,8-11H2,(H,18,20)/t14-,15-,16+/m1/s1. The van der Waals surface area contributed by atoms with Crippen molar-refractivity contribution in [3.63, 3.8) is 0 Å². The average Bonchev–Trinajstić information content (AvgIpc) is 2.98. The zero-order chi connectivity index (χ0) is 14.9. The van der Waals surface area contributed by atoms with Crippen LogP contribution in [0, 0.1) is 17.8 Å². The molecule has 3 fully saturated rings. The van der Waals surface area contributed by atoms with Crippen LogP contribution in [0.2, 0.25) is 0 Å². The second-order valence-electron chi connectivity index (χ2n) is 6.93. The molecule has 1 aromatic rings. The van der Waals surface area contributed by atoms with Crippen molar-refractivity contribution in [2.24, 2.45) is 17.8 Å². The Morgan fingerprint density at radius 3 is 3.05 bits per heavy atom. The van der Waals surface area contributed by atoms with Gasteiger partial charge in [0.25, 0.3) is 0 Å². The van der Waals surface area contributed by atoms with Crippen LogP contribution < -0.4 is 5.32 Å². The van der Waals surface area contributed by atoms with Crippen LogP contribution in [0.3, 0.4) is 0 Å². The molecule has 0 unspecified atom stereocenters. The van der Waals surface area contributed by atoms with Crippen molar-refractivity contribution in [1.82, 2.24) is 10.2 Å². The largest absolute Gasteiger partial charge is 0.377 e. The third-order valence-corrected chi connectivity index (χ3v) is 6.09. The summed E-state index contributed by atoms with van der Waals surface area (Å²) >= 11 is 1.79. The summed E-state index contributed by atoms with van der Waals surface area (Å²) in [5, 5.41) is 5.31. The van der Waals surface area contributed by atoms with Gasteiger partial charge in [-0.1, -0.05) is 6.07 Å². The van der Waals surface area contributed by atoms with Crippen molar-refractivity contribution < 1.29 is 9.53 Å². The summed E-state index contributed by atoms with van der Waals surface area (Å²) in [4.78, 5) is 16.4. The van der Waals surface area contributed by atoms with E-state index in [4.69, 9.17) is 4.74 Å². The maximum Gasteiger partial charge on any atom is 0.224 e. The number of hydrogen-bond acceptors (Lipinski definition) is 4. The summed E-state index contributed by atoms with van der Waals surface area (Å²) in [6.45, 7) is 4.47. The Morgan fingerprint density at radius 2 is 2.27 bits per heavy atom. The van der Waals surface area contributed by atoms with Crippen molar-refractivity contribution in [3.05, 3.63) is 22.4 Å². The topological polar surface area (TPSA) is 41.6 Å². The predicted molar refractivity (Wildman–Crippen MR) is 86.7 cm³/mol. The summed E-state index contributed by atoms with van der Waals surface area (Å²) < 4.78 is 5.91. The van der Waals surface area contributed by atoms with Gasteiger partial charge in [-0.3, -0.25) is 9.69 Å². The fraction of sp³-hybridized carbons (Fsp3) is 0.706. The van der Waals surface area contributed by atoms with Gasteiger partial charge < -0.3 is 10.1 Å². The molecule has 0 aromatic carbocycles. The van der Waals surface area contributed by atoms with Crippen LogP contribution in [-0.2, 0) is 16.1 Å². The molecule has 3 heterocycles. The summed E-state index contributed by atoms with van der Waals surface area (Å²) in [5.74, 6) is 1.51. The van der Waals surface area contributed by atoms with Crippen LogP contribution in [-0.4, -0.2) is 43.2 Å². The van der Waals surface area contributed by atoms with Crippen LogP contribution in [0.1, 0.15) is 24.1 Å². The second-order valence-corrected chi connectivity index (χ2v) is 7.96. The number of thiophene rings is 1. The molecule has 5 heteroatoms. The smallest absolute Gasteiger partial charge is 0.224 e. The third-order valence-electron chi connectivity index (χ3n) is 5.23. The predicted octanol–water partition coefficient (Wildman–Crippen LogP) is 2.11. The first-order valence-corrected chi connectivity index (χ1v) is 9.31. The lowest BCUT2D eigenvalue weighted by Gasteiger charge is -2.39. The lowest BCUT2D eigenvalue weighted by molar-refractivity contribution is -0.131. The van der Waals surface area contributed by atoms with Crippen molar-refractivity contribution in [1.29, 1.82) is 0 Å². The van der Waals surface area contributed by atoms with Crippen molar-refractivity contribution >= 4 is 17.2 Å². The number of hydrogen-bond donors (Lipinski definition) is 1. The molecular weight excluding hydrogens is 296 g/mol.